The highest BCUT2D eigenvalue weighted by molar-refractivity contribution is 9.10. The Balaban J connectivity index is 1.33. The number of hydrogen-bond donors (Lipinski definition) is 1. The van der Waals surface area contributed by atoms with E-state index in [1.165, 1.54) is 16.2 Å². The van der Waals surface area contributed by atoms with Gasteiger partial charge in [0.05, 0.1) is 22.5 Å². The maximum Gasteiger partial charge on any atom is 0.305 e. The Labute approximate surface area is 213 Å². The van der Waals surface area contributed by atoms with E-state index in [9.17, 15) is 14.4 Å². The summed E-state index contributed by atoms with van der Waals surface area (Å²) < 4.78 is 1.00. The quantitative estimate of drug-likeness (QED) is 0.444. The number of halogens is 1. The Morgan fingerprint density at radius 1 is 1.00 bits per heavy atom. The molecule has 0 spiro atoms. The summed E-state index contributed by atoms with van der Waals surface area (Å²) in [6.07, 6.45) is 0.903. The molecule has 4 aliphatic rings. The summed E-state index contributed by atoms with van der Waals surface area (Å²) in [7, 11) is 0. The van der Waals surface area contributed by atoms with Crippen LogP contribution in [0.25, 0.3) is 0 Å². The van der Waals surface area contributed by atoms with Gasteiger partial charge in [-0.05, 0) is 60.9 Å². The van der Waals surface area contributed by atoms with E-state index in [4.69, 9.17) is 0 Å². The van der Waals surface area contributed by atoms with Crippen molar-refractivity contribution in [2.75, 3.05) is 4.90 Å². The van der Waals surface area contributed by atoms with E-state index in [0.717, 1.165) is 31.9 Å². The third-order valence-electron chi connectivity index (χ3n) is 8.22. The summed E-state index contributed by atoms with van der Waals surface area (Å²) in [5, 5.41) is 1.15. The number of thioether (sulfide) groups is 1. The highest BCUT2D eigenvalue weighted by Gasteiger charge is 2.69. The minimum absolute atomic E-state index is 0.0392. The molecule has 5 nitrogen and oxygen atoms in total. The van der Waals surface area contributed by atoms with Crippen LogP contribution in [-0.4, -0.2) is 22.0 Å². The SMILES string of the molecule is Cc1ccc(N2C(=O)[C@H]3[C@H]4C[C@@H]([C@@H]3C2=O)[C@H]2[C@H](c3cccc(Br)c3)c3sc(=O)[nH]c3S[C@H]42)cc1. The molecule has 2 saturated carbocycles. The van der Waals surface area contributed by atoms with Crippen LogP contribution in [0.3, 0.4) is 0 Å². The fourth-order valence-electron chi connectivity index (χ4n) is 7.04. The van der Waals surface area contributed by atoms with Crippen molar-refractivity contribution in [3.63, 3.8) is 0 Å². The third kappa shape index (κ3) is 2.82. The number of carbonyl (C=O) groups excluding carboxylic acids is 2. The number of H-pyrrole nitrogens is 1. The van der Waals surface area contributed by atoms with Crippen molar-refractivity contribution in [2.45, 2.75) is 29.5 Å². The second-order valence-corrected chi connectivity index (χ2v) is 13.0. The molecule has 34 heavy (non-hydrogen) atoms. The zero-order chi connectivity index (χ0) is 23.3. The number of fused-ring (bicyclic) bond motifs is 9. The molecule has 3 aromatic rings. The summed E-state index contributed by atoms with van der Waals surface area (Å²) in [5.74, 6) is -0.0777. The smallest absolute Gasteiger partial charge is 0.305 e. The molecule has 0 unspecified atom stereocenters. The van der Waals surface area contributed by atoms with E-state index >= 15 is 0 Å². The lowest BCUT2D eigenvalue weighted by atomic mass is 9.68. The number of thiazole rings is 1. The first-order valence-electron chi connectivity index (χ1n) is 11.5. The summed E-state index contributed by atoms with van der Waals surface area (Å²) in [5.41, 5.74) is 2.94. The third-order valence-corrected chi connectivity index (χ3v) is 11.3. The van der Waals surface area contributed by atoms with Gasteiger partial charge in [-0.15, -0.1) is 11.8 Å². The zero-order valence-electron chi connectivity index (χ0n) is 18.2. The van der Waals surface area contributed by atoms with Gasteiger partial charge < -0.3 is 4.98 Å². The van der Waals surface area contributed by atoms with Gasteiger partial charge in [0.2, 0.25) is 11.8 Å². The molecule has 3 fully saturated rings. The molecule has 3 heterocycles. The van der Waals surface area contributed by atoms with Gasteiger partial charge >= 0.3 is 4.87 Å². The average molecular weight is 554 g/mol. The van der Waals surface area contributed by atoms with Crippen LogP contribution in [0.15, 0.2) is 62.8 Å². The number of hydrogen-bond acceptors (Lipinski definition) is 5. The number of benzene rings is 2. The van der Waals surface area contributed by atoms with E-state index in [2.05, 4.69) is 33.0 Å². The van der Waals surface area contributed by atoms with Crippen LogP contribution in [0.1, 0.15) is 28.3 Å². The van der Waals surface area contributed by atoms with Gasteiger partial charge in [0.25, 0.3) is 0 Å². The molecule has 0 radical (unpaired) electrons. The Hall–Kier alpha value is -2.16. The molecular weight excluding hydrogens is 532 g/mol. The number of imide groups is 1. The number of nitrogens with one attached hydrogen (secondary N) is 1. The number of aromatic amines is 1. The minimum Gasteiger partial charge on any atom is -0.307 e. The number of carbonyl (C=O) groups is 2. The van der Waals surface area contributed by atoms with Crippen molar-refractivity contribution in [2.24, 2.45) is 29.6 Å². The fraction of sp³-hybridized carbons (Fsp3) is 0.346. The molecule has 1 saturated heterocycles. The van der Waals surface area contributed by atoms with Gasteiger partial charge in [-0.1, -0.05) is 57.1 Å². The molecule has 2 amide bonds. The largest absolute Gasteiger partial charge is 0.307 e. The van der Waals surface area contributed by atoms with Crippen molar-refractivity contribution in [1.29, 1.82) is 0 Å². The van der Waals surface area contributed by atoms with Crippen LogP contribution in [0.5, 0.6) is 0 Å². The van der Waals surface area contributed by atoms with E-state index in [1.807, 2.05) is 43.3 Å². The first-order chi connectivity index (χ1) is 16.4. The van der Waals surface area contributed by atoms with Crippen LogP contribution in [0, 0.1) is 36.5 Å². The minimum atomic E-state index is -0.271. The lowest BCUT2D eigenvalue weighted by Gasteiger charge is -2.43. The first-order valence-corrected chi connectivity index (χ1v) is 14.0. The van der Waals surface area contributed by atoms with Gasteiger partial charge in [0.15, 0.2) is 0 Å². The van der Waals surface area contributed by atoms with Crippen molar-refractivity contribution in [3.05, 3.63) is 78.7 Å². The highest BCUT2D eigenvalue weighted by atomic mass is 79.9. The zero-order valence-corrected chi connectivity index (χ0v) is 21.5. The maximum atomic E-state index is 13.7. The summed E-state index contributed by atoms with van der Waals surface area (Å²) in [4.78, 5) is 45.2. The molecule has 8 heteroatoms. The fourth-order valence-corrected chi connectivity index (χ4v) is 10.3. The molecule has 2 aromatic carbocycles. The van der Waals surface area contributed by atoms with Crippen molar-refractivity contribution in [1.82, 2.24) is 4.98 Å². The molecule has 2 aliphatic carbocycles. The first kappa shape index (κ1) is 21.1. The van der Waals surface area contributed by atoms with Crippen LogP contribution in [0.4, 0.5) is 5.69 Å². The van der Waals surface area contributed by atoms with E-state index in [1.54, 1.807) is 11.8 Å². The number of anilines is 1. The number of amides is 2. The van der Waals surface area contributed by atoms with Gasteiger partial charge in [0.1, 0.15) is 0 Å². The summed E-state index contributed by atoms with van der Waals surface area (Å²) >= 11 is 6.63. The number of rotatable bonds is 2. The number of aromatic nitrogens is 1. The molecule has 2 aliphatic heterocycles. The lowest BCUT2D eigenvalue weighted by molar-refractivity contribution is -0.123. The molecular formula is C26H21BrN2O3S2. The monoisotopic (exact) mass is 552 g/mol. The number of aryl methyl sites for hydroxylation is 1. The normalized spacial score (nSPS) is 33.2. The van der Waals surface area contributed by atoms with Gasteiger partial charge in [-0.2, -0.15) is 0 Å². The second kappa shape index (κ2) is 7.42. The average Bonchev–Trinajstić information content (AvgIpc) is 3.53. The summed E-state index contributed by atoms with van der Waals surface area (Å²) in [6.45, 7) is 2.00. The Morgan fingerprint density at radius 3 is 2.47 bits per heavy atom. The molecule has 1 N–H and O–H groups in total. The molecule has 7 rings (SSSR count). The topological polar surface area (TPSA) is 70.2 Å². The molecule has 7 atom stereocenters. The van der Waals surface area contributed by atoms with E-state index in [0.29, 0.717) is 5.69 Å². The van der Waals surface area contributed by atoms with Gasteiger partial charge in [0, 0.05) is 20.5 Å². The Bertz CT molecular complexity index is 1410. The second-order valence-electron chi connectivity index (χ2n) is 9.86. The van der Waals surface area contributed by atoms with Gasteiger partial charge in [-0.25, -0.2) is 0 Å². The van der Waals surface area contributed by atoms with Crippen LogP contribution < -0.4 is 9.77 Å². The molecule has 2 bridgehead atoms. The predicted octanol–water partition coefficient (Wildman–Crippen LogP) is 5.19. The Kier molecular flexibility index (Phi) is 4.61. The molecule has 172 valence electrons. The van der Waals surface area contributed by atoms with Crippen LogP contribution in [0.2, 0.25) is 0 Å². The van der Waals surface area contributed by atoms with Crippen molar-refractivity contribution >= 4 is 56.5 Å². The standard InChI is InChI=1S/C26H21BrN2O3S2/c1-11-5-7-14(8-6-11)29-24(30)19-15-10-16(20(19)25(29)31)21-18(15)17(12-3-2-4-13(27)9-12)22-23(33-21)28-26(32)34-22/h2-9,15-21H,10H2,1H3,(H,28,32)/t15-,16-,17+,18+,19+,20+,21-/m1/s1. The molecule has 1 aromatic heterocycles. The summed E-state index contributed by atoms with van der Waals surface area (Å²) in [6, 6.07) is 16.0. The number of nitrogens with zero attached hydrogens (tertiary/aromatic N) is 1. The van der Waals surface area contributed by atoms with E-state index in [-0.39, 0.29) is 57.4 Å². The lowest BCUT2D eigenvalue weighted by Crippen LogP contribution is -2.42. The van der Waals surface area contributed by atoms with Crippen molar-refractivity contribution < 1.29 is 9.59 Å². The van der Waals surface area contributed by atoms with Crippen molar-refractivity contribution in [3.8, 4) is 0 Å². The Morgan fingerprint density at radius 2 is 1.74 bits per heavy atom. The maximum absolute atomic E-state index is 13.7. The van der Waals surface area contributed by atoms with E-state index < -0.39 is 0 Å². The van der Waals surface area contributed by atoms with Gasteiger partial charge in [-0.3, -0.25) is 19.3 Å². The van der Waals surface area contributed by atoms with Crippen LogP contribution >= 0.6 is 39.0 Å². The predicted molar refractivity (Wildman–Crippen MR) is 136 cm³/mol. The highest BCUT2D eigenvalue weighted by Crippen LogP contribution is 2.68. The van der Waals surface area contributed by atoms with Crippen LogP contribution in [-0.2, 0) is 9.59 Å².